The standard InChI is InChI=1S/C14H13ClO2/c15-14(10-13(16)17)8-6-12(7-9-14)11-4-2-1-3-5-11/h1-8H,9-10H2,(H,16,17)/t14-/m0/s1. The van der Waals surface area contributed by atoms with E-state index in [0.717, 1.165) is 11.1 Å². The van der Waals surface area contributed by atoms with Gasteiger partial charge in [-0.2, -0.15) is 0 Å². The fourth-order valence-corrected chi connectivity index (χ4v) is 2.14. The molecule has 1 aliphatic rings. The Labute approximate surface area is 105 Å². The molecule has 2 nitrogen and oxygen atoms in total. The highest BCUT2D eigenvalue weighted by molar-refractivity contribution is 6.26. The Balaban J connectivity index is 2.14. The molecule has 2 rings (SSSR count). The number of hydrogen-bond donors (Lipinski definition) is 1. The summed E-state index contributed by atoms with van der Waals surface area (Å²) in [6, 6.07) is 9.96. The average Bonchev–Trinajstić information content (AvgIpc) is 2.29. The van der Waals surface area contributed by atoms with Gasteiger partial charge >= 0.3 is 5.97 Å². The maximum Gasteiger partial charge on any atom is 0.305 e. The van der Waals surface area contributed by atoms with Crippen LogP contribution in [0.15, 0.2) is 48.6 Å². The number of carboxylic acids is 1. The van der Waals surface area contributed by atoms with Crippen LogP contribution in [0.4, 0.5) is 0 Å². The highest BCUT2D eigenvalue weighted by Crippen LogP contribution is 2.33. The molecule has 1 atom stereocenters. The number of alkyl halides is 1. The number of allylic oxidation sites excluding steroid dienone is 4. The molecule has 0 unspecified atom stereocenters. The maximum absolute atomic E-state index is 10.7. The van der Waals surface area contributed by atoms with Crippen molar-refractivity contribution in [3.63, 3.8) is 0 Å². The number of hydrogen-bond acceptors (Lipinski definition) is 1. The molecule has 0 aromatic heterocycles. The van der Waals surface area contributed by atoms with E-state index in [-0.39, 0.29) is 6.42 Å². The first-order valence-corrected chi connectivity index (χ1v) is 5.82. The Kier molecular flexibility index (Phi) is 3.34. The van der Waals surface area contributed by atoms with E-state index < -0.39 is 10.8 Å². The van der Waals surface area contributed by atoms with E-state index in [0.29, 0.717) is 6.42 Å². The van der Waals surface area contributed by atoms with Gasteiger partial charge < -0.3 is 5.11 Å². The molecule has 3 heteroatoms. The van der Waals surface area contributed by atoms with Crippen molar-refractivity contribution in [3.05, 3.63) is 54.1 Å². The highest BCUT2D eigenvalue weighted by atomic mass is 35.5. The van der Waals surface area contributed by atoms with Gasteiger partial charge in [-0.1, -0.05) is 48.6 Å². The normalized spacial score (nSPS) is 23.2. The number of carboxylic acid groups (broad SMARTS) is 1. The van der Waals surface area contributed by atoms with E-state index >= 15 is 0 Å². The molecule has 0 aliphatic heterocycles. The van der Waals surface area contributed by atoms with Gasteiger partial charge in [0.1, 0.15) is 0 Å². The molecule has 0 bridgehead atoms. The number of benzene rings is 1. The molecular weight excluding hydrogens is 236 g/mol. The number of aliphatic carboxylic acids is 1. The topological polar surface area (TPSA) is 37.3 Å². The molecule has 1 aliphatic carbocycles. The average molecular weight is 249 g/mol. The van der Waals surface area contributed by atoms with Gasteiger partial charge in [-0.05, 0) is 17.6 Å². The van der Waals surface area contributed by atoms with Gasteiger partial charge in [0, 0.05) is 0 Å². The minimum absolute atomic E-state index is 0.0520. The molecule has 17 heavy (non-hydrogen) atoms. The summed E-state index contributed by atoms with van der Waals surface area (Å²) in [5.74, 6) is -0.874. The van der Waals surface area contributed by atoms with E-state index in [1.54, 1.807) is 6.08 Å². The van der Waals surface area contributed by atoms with Gasteiger partial charge in [0.05, 0.1) is 11.3 Å². The first-order valence-electron chi connectivity index (χ1n) is 5.45. The van der Waals surface area contributed by atoms with Crippen LogP contribution < -0.4 is 0 Å². The Morgan fingerprint density at radius 2 is 2.06 bits per heavy atom. The third-order valence-corrected chi connectivity index (χ3v) is 3.19. The Morgan fingerprint density at radius 1 is 1.35 bits per heavy atom. The second kappa shape index (κ2) is 4.76. The Bertz CT molecular complexity index is 476. The van der Waals surface area contributed by atoms with Gasteiger partial charge in [-0.3, -0.25) is 4.79 Å². The van der Waals surface area contributed by atoms with Gasteiger partial charge in [0.25, 0.3) is 0 Å². The summed E-state index contributed by atoms with van der Waals surface area (Å²) >= 11 is 6.21. The van der Waals surface area contributed by atoms with Crippen molar-refractivity contribution in [2.45, 2.75) is 17.7 Å². The second-order valence-corrected chi connectivity index (χ2v) is 4.92. The minimum Gasteiger partial charge on any atom is -0.481 e. The van der Waals surface area contributed by atoms with E-state index in [2.05, 4.69) is 0 Å². The van der Waals surface area contributed by atoms with Crippen molar-refractivity contribution in [1.82, 2.24) is 0 Å². The molecule has 0 radical (unpaired) electrons. The first kappa shape index (κ1) is 11.9. The zero-order valence-electron chi connectivity index (χ0n) is 9.27. The largest absolute Gasteiger partial charge is 0.481 e. The van der Waals surface area contributed by atoms with Crippen molar-refractivity contribution < 1.29 is 9.90 Å². The molecule has 88 valence electrons. The molecule has 0 saturated heterocycles. The minimum atomic E-state index is -0.874. The van der Waals surface area contributed by atoms with E-state index in [1.807, 2.05) is 42.5 Å². The van der Waals surface area contributed by atoms with Crippen LogP contribution in [-0.2, 0) is 4.79 Å². The molecule has 1 aromatic carbocycles. The number of carbonyl (C=O) groups is 1. The molecule has 1 N–H and O–H groups in total. The van der Waals surface area contributed by atoms with Gasteiger partial charge in [0.2, 0.25) is 0 Å². The Morgan fingerprint density at radius 3 is 2.59 bits per heavy atom. The van der Waals surface area contributed by atoms with Crippen LogP contribution >= 0.6 is 11.6 Å². The smallest absolute Gasteiger partial charge is 0.305 e. The summed E-state index contributed by atoms with van der Waals surface area (Å²) in [6.07, 6.45) is 6.16. The van der Waals surface area contributed by atoms with Crippen molar-refractivity contribution in [2.24, 2.45) is 0 Å². The van der Waals surface area contributed by atoms with Crippen LogP contribution in [0, 0.1) is 0 Å². The molecule has 0 fully saturated rings. The molecule has 1 aromatic rings. The highest BCUT2D eigenvalue weighted by Gasteiger charge is 2.28. The van der Waals surface area contributed by atoms with Crippen LogP contribution in [0.2, 0.25) is 0 Å². The Hall–Kier alpha value is -1.54. The fraction of sp³-hybridized carbons (Fsp3) is 0.214. The van der Waals surface area contributed by atoms with Crippen LogP contribution in [0.3, 0.4) is 0 Å². The summed E-state index contributed by atoms with van der Waals surface area (Å²) in [4.78, 5) is 9.91. The molecular formula is C14H13ClO2. The lowest BCUT2D eigenvalue weighted by Crippen LogP contribution is -2.23. The first-order chi connectivity index (χ1) is 8.09. The maximum atomic E-state index is 10.7. The summed E-state index contributed by atoms with van der Waals surface area (Å²) in [6.45, 7) is 0. The van der Waals surface area contributed by atoms with Crippen LogP contribution in [0.25, 0.3) is 5.57 Å². The SMILES string of the molecule is O=C(O)C[C@]1(Cl)C=CC(c2ccccc2)=CC1. The molecule has 0 heterocycles. The summed E-state index contributed by atoms with van der Waals surface area (Å²) in [7, 11) is 0. The van der Waals surface area contributed by atoms with Crippen LogP contribution in [0.1, 0.15) is 18.4 Å². The monoisotopic (exact) mass is 248 g/mol. The summed E-state index contributed by atoms with van der Waals surface area (Å²) in [5, 5.41) is 8.77. The van der Waals surface area contributed by atoms with Crippen molar-refractivity contribution in [1.29, 1.82) is 0 Å². The number of rotatable bonds is 3. The van der Waals surface area contributed by atoms with Gasteiger partial charge in [-0.15, -0.1) is 11.6 Å². The molecule has 0 amide bonds. The summed E-state index contributed by atoms with van der Waals surface area (Å²) < 4.78 is 0. The molecule has 0 spiro atoms. The van der Waals surface area contributed by atoms with Crippen LogP contribution in [-0.4, -0.2) is 16.0 Å². The molecule has 0 saturated carbocycles. The number of halogens is 1. The lowest BCUT2D eigenvalue weighted by molar-refractivity contribution is -0.137. The van der Waals surface area contributed by atoms with Crippen LogP contribution in [0.5, 0.6) is 0 Å². The van der Waals surface area contributed by atoms with E-state index in [9.17, 15) is 4.79 Å². The van der Waals surface area contributed by atoms with Crippen molar-refractivity contribution >= 4 is 23.1 Å². The van der Waals surface area contributed by atoms with E-state index in [1.165, 1.54) is 0 Å². The quantitative estimate of drug-likeness (QED) is 0.832. The third-order valence-electron chi connectivity index (χ3n) is 2.78. The van der Waals surface area contributed by atoms with Gasteiger partial charge in [-0.25, -0.2) is 0 Å². The zero-order valence-corrected chi connectivity index (χ0v) is 10.0. The lowest BCUT2D eigenvalue weighted by Gasteiger charge is -2.23. The summed E-state index contributed by atoms with van der Waals surface area (Å²) in [5.41, 5.74) is 2.21. The fourth-order valence-electron chi connectivity index (χ4n) is 1.88. The van der Waals surface area contributed by atoms with Crippen molar-refractivity contribution in [2.75, 3.05) is 0 Å². The third kappa shape index (κ3) is 2.98. The second-order valence-electron chi connectivity index (χ2n) is 4.17. The zero-order chi connectivity index (χ0) is 12.3. The van der Waals surface area contributed by atoms with Crippen molar-refractivity contribution in [3.8, 4) is 0 Å². The predicted molar refractivity (Wildman–Crippen MR) is 69.0 cm³/mol. The van der Waals surface area contributed by atoms with Gasteiger partial charge in [0.15, 0.2) is 0 Å². The van der Waals surface area contributed by atoms with E-state index in [4.69, 9.17) is 16.7 Å². The lowest BCUT2D eigenvalue weighted by atomic mass is 9.90. The predicted octanol–water partition coefficient (Wildman–Crippen LogP) is 3.48.